The van der Waals surface area contributed by atoms with E-state index in [1.54, 1.807) is 18.2 Å². The SMILES string of the molecule is CC(C)(C)c1nc2cc(NS(=O)(=O)c3ccc(F)cc3)ccc2o1. The fourth-order valence-corrected chi connectivity index (χ4v) is 3.19. The van der Waals surface area contributed by atoms with Gasteiger partial charge in [-0.05, 0) is 42.5 Å². The fourth-order valence-electron chi connectivity index (χ4n) is 2.14. The molecular formula is C17H17FN2O3S. The van der Waals surface area contributed by atoms with Crippen molar-refractivity contribution in [3.05, 3.63) is 54.2 Å². The Morgan fingerprint density at radius 1 is 1.08 bits per heavy atom. The predicted octanol–water partition coefficient (Wildman–Crippen LogP) is 4.07. The Bertz CT molecular complexity index is 987. The van der Waals surface area contributed by atoms with E-state index >= 15 is 0 Å². The van der Waals surface area contributed by atoms with Gasteiger partial charge in [0.2, 0.25) is 5.89 Å². The molecule has 5 nitrogen and oxygen atoms in total. The zero-order valence-corrected chi connectivity index (χ0v) is 14.3. The highest BCUT2D eigenvalue weighted by molar-refractivity contribution is 7.92. The van der Waals surface area contributed by atoms with Gasteiger partial charge in [-0.3, -0.25) is 4.72 Å². The average Bonchev–Trinajstić information content (AvgIpc) is 2.90. The zero-order valence-electron chi connectivity index (χ0n) is 13.5. The second-order valence-corrected chi connectivity index (χ2v) is 8.19. The first-order valence-electron chi connectivity index (χ1n) is 7.35. The number of anilines is 1. The average molecular weight is 348 g/mol. The lowest BCUT2D eigenvalue weighted by molar-refractivity contribution is 0.411. The molecule has 0 aliphatic rings. The third-order valence-corrected chi connectivity index (χ3v) is 4.80. The van der Waals surface area contributed by atoms with Crippen LogP contribution in [0.25, 0.3) is 11.1 Å². The van der Waals surface area contributed by atoms with E-state index in [4.69, 9.17) is 4.42 Å². The van der Waals surface area contributed by atoms with Gasteiger partial charge in [-0.2, -0.15) is 0 Å². The molecule has 0 saturated carbocycles. The molecule has 0 aliphatic carbocycles. The van der Waals surface area contributed by atoms with Crippen LogP contribution in [-0.2, 0) is 15.4 Å². The maximum atomic E-state index is 12.9. The summed E-state index contributed by atoms with van der Waals surface area (Å²) in [6.07, 6.45) is 0. The van der Waals surface area contributed by atoms with Crippen molar-refractivity contribution in [2.24, 2.45) is 0 Å². The zero-order chi connectivity index (χ0) is 17.5. The summed E-state index contributed by atoms with van der Waals surface area (Å²) >= 11 is 0. The maximum absolute atomic E-state index is 12.9. The van der Waals surface area contributed by atoms with Crippen LogP contribution in [0.15, 0.2) is 51.8 Å². The maximum Gasteiger partial charge on any atom is 0.261 e. The van der Waals surface area contributed by atoms with Crippen LogP contribution in [0.3, 0.4) is 0 Å². The predicted molar refractivity (Wildman–Crippen MR) is 89.9 cm³/mol. The molecule has 126 valence electrons. The van der Waals surface area contributed by atoms with E-state index in [1.807, 2.05) is 20.8 Å². The summed E-state index contributed by atoms with van der Waals surface area (Å²) < 4.78 is 45.8. The molecule has 0 atom stereocenters. The Labute approximate surface area is 139 Å². The van der Waals surface area contributed by atoms with Gasteiger partial charge in [-0.15, -0.1) is 0 Å². The Balaban J connectivity index is 1.93. The molecule has 24 heavy (non-hydrogen) atoms. The second-order valence-electron chi connectivity index (χ2n) is 6.51. The molecule has 2 aromatic carbocycles. The minimum Gasteiger partial charge on any atom is -0.440 e. The topological polar surface area (TPSA) is 72.2 Å². The van der Waals surface area contributed by atoms with E-state index < -0.39 is 15.8 Å². The summed E-state index contributed by atoms with van der Waals surface area (Å²) in [5.74, 6) is 0.0868. The summed E-state index contributed by atoms with van der Waals surface area (Å²) in [5.41, 5.74) is 1.27. The van der Waals surface area contributed by atoms with Gasteiger partial charge in [-0.1, -0.05) is 20.8 Å². The molecule has 0 aliphatic heterocycles. The first-order valence-corrected chi connectivity index (χ1v) is 8.83. The molecule has 1 aromatic heterocycles. The highest BCUT2D eigenvalue weighted by atomic mass is 32.2. The van der Waals surface area contributed by atoms with Crippen LogP contribution in [0.5, 0.6) is 0 Å². The van der Waals surface area contributed by atoms with Gasteiger partial charge in [0.25, 0.3) is 10.0 Å². The summed E-state index contributed by atoms with van der Waals surface area (Å²) in [4.78, 5) is 4.39. The first-order chi connectivity index (χ1) is 11.1. The van der Waals surface area contributed by atoms with Crippen molar-refractivity contribution in [3.8, 4) is 0 Å². The van der Waals surface area contributed by atoms with Gasteiger partial charge in [0.1, 0.15) is 11.3 Å². The fraction of sp³-hybridized carbons (Fsp3) is 0.235. The van der Waals surface area contributed by atoms with E-state index in [9.17, 15) is 12.8 Å². The number of oxazole rings is 1. The third kappa shape index (κ3) is 3.26. The van der Waals surface area contributed by atoms with Crippen molar-refractivity contribution in [1.82, 2.24) is 4.98 Å². The van der Waals surface area contributed by atoms with Gasteiger partial charge in [0, 0.05) is 5.41 Å². The van der Waals surface area contributed by atoms with Crippen LogP contribution < -0.4 is 4.72 Å². The molecule has 3 aromatic rings. The lowest BCUT2D eigenvalue weighted by Crippen LogP contribution is -2.12. The molecule has 0 fully saturated rings. The molecule has 0 bridgehead atoms. The van der Waals surface area contributed by atoms with Crippen LogP contribution in [0.4, 0.5) is 10.1 Å². The molecule has 1 N–H and O–H groups in total. The minimum atomic E-state index is -3.80. The smallest absolute Gasteiger partial charge is 0.261 e. The van der Waals surface area contributed by atoms with Crippen LogP contribution in [0, 0.1) is 5.82 Å². The van der Waals surface area contributed by atoms with Crippen LogP contribution in [-0.4, -0.2) is 13.4 Å². The Morgan fingerprint density at radius 3 is 2.38 bits per heavy atom. The number of sulfonamides is 1. The van der Waals surface area contributed by atoms with Gasteiger partial charge in [0.15, 0.2) is 5.58 Å². The number of halogens is 1. The molecule has 0 spiro atoms. The first kappa shape index (κ1) is 16.4. The van der Waals surface area contributed by atoms with Crippen molar-refractivity contribution >= 4 is 26.8 Å². The number of nitrogens with zero attached hydrogens (tertiary/aromatic N) is 1. The lowest BCUT2D eigenvalue weighted by Gasteiger charge is -2.11. The number of fused-ring (bicyclic) bond motifs is 1. The van der Waals surface area contributed by atoms with Gasteiger partial charge >= 0.3 is 0 Å². The Kier molecular flexibility index (Phi) is 3.83. The Morgan fingerprint density at radius 2 is 1.75 bits per heavy atom. The van der Waals surface area contributed by atoms with Crippen molar-refractivity contribution in [2.75, 3.05) is 4.72 Å². The molecule has 1 heterocycles. The Hall–Kier alpha value is -2.41. The molecule has 0 amide bonds. The molecule has 7 heteroatoms. The number of rotatable bonds is 3. The molecular weight excluding hydrogens is 331 g/mol. The van der Waals surface area contributed by atoms with Crippen molar-refractivity contribution in [2.45, 2.75) is 31.1 Å². The van der Waals surface area contributed by atoms with Gasteiger partial charge in [-0.25, -0.2) is 17.8 Å². The summed E-state index contributed by atoms with van der Waals surface area (Å²) in [6.45, 7) is 5.95. The van der Waals surface area contributed by atoms with Gasteiger partial charge in [0.05, 0.1) is 10.6 Å². The molecule has 0 saturated heterocycles. The monoisotopic (exact) mass is 348 g/mol. The van der Waals surface area contributed by atoms with Crippen molar-refractivity contribution in [1.29, 1.82) is 0 Å². The summed E-state index contributed by atoms with van der Waals surface area (Å²) in [6, 6.07) is 9.50. The molecule has 0 unspecified atom stereocenters. The normalized spacial score (nSPS) is 12.5. The van der Waals surface area contributed by atoms with Crippen molar-refractivity contribution in [3.63, 3.8) is 0 Å². The van der Waals surface area contributed by atoms with E-state index in [2.05, 4.69) is 9.71 Å². The van der Waals surface area contributed by atoms with E-state index in [1.165, 1.54) is 12.1 Å². The number of nitrogens with one attached hydrogen (secondary N) is 1. The number of benzene rings is 2. The standard InChI is InChI=1S/C17H17FN2O3S/c1-17(2,3)16-19-14-10-12(6-9-15(14)23-16)20-24(21,22)13-7-4-11(18)5-8-13/h4-10,20H,1-3H3. The van der Waals surface area contributed by atoms with Crippen LogP contribution >= 0.6 is 0 Å². The largest absolute Gasteiger partial charge is 0.440 e. The lowest BCUT2D eigenvalue weighted by atomic mass is 9.97. The second kappa shape index (κ2) is 5.59. The van der Waals surface area contributed by atoms with E-state index in [0.717, 1.165) is 12.1 Å². The number of hydrogen-bond donors (Lipinski definition) is 1. The number of hydrogen-bond acceptors (Lipinski definition) is 4. The highest BCUT2D eigenvalue weighted by Gasteiger charge is 2.21. The van der Waals surface area contributed by atoms with E-state index in [0.29, 0.717) is 22.7 Å². The molecule has 3 rings (SSSR count). The van der Waals surface area contributed by atoms with Crippen LogP contribution in [0.2, 0.25) is 0 Å². The summed E-state index contributed by atoms with van der Waals surface area (Å²) in [5, 5.41) is 0. The quantitative estimate of drug-likeness (QED) is 0.774. The van der Waals surface area contributed by atoms with Crippen molar-refractivity contribution < 1.29 is 17.2 Å². The van der Waals surface area contributed by atoms with E-state index in [-0.39, 0.29) is 10.3 Å². The highest BCUT2D eigenvalue weighted by Crippen LogP contribution is 2.28. The third-order valence-electron chi connectivity index (χ3n) is 3.41. The molecule has 0 radical (unpaired) electrons. The number of aromatic nitrogens is 1. The minimum absolute atomic E-state index is 0.0143. The summed E-state index contributed by atoms with van der Waals surface area (Å²) in [7, 11) is -3.80. The van der Waals surface area contributed by atoms with Gasteiger partial charge < -0.3 is 4.42 Å². The van der Waals surface area contributed by atoms with Crippen LogP contribution in [0.1, 0.15) is 26.7 Å².